The molecule has 2 nitrogen and oxygen atoms in total. The third-order valence-electron chi connectivity index (χ3n) is 2.76. The van der Waals surface area contributed by atoms with Crippen LogP contribution in [0, 0.1) is 5.82 Å². The first kappa shape index (κ1) is 14.2. The van der Waals surface area contributed by atoms with E-state index in [-0.39, 0.29) is 17.6 Å². The van der Waals surface area contributed by atoms with Crippen molar-refractivity contribution in [1.82, 2.24) is 0 Å². The standard InChI is InChI=1S/C14H12BrClFNO/c1-8(11-6-9(17)2-5-14(11)19)18-10-3-4-12(15)13(16)7-10/h2-8,18-19H,1H3. The van der Waals surface area contributed by atoms with Crippen molar-refractivity contribution in [2.75, 3.05) is 5.32 Å². The summed E-state index contributed by atoms with van der Waals surface area (Å²) in [7, 11) is 0. The summed E-state index contributed by atoms with van der Waals surface area (Å²) in [5.41, 5.74) is 1.29. The lowest BCUT2D eigenvalue weighted by molar-refractivity contribution is 0.462. The number of rotatable bonds is 3. The summed E-state index contributed by atoms with van der Waals surface area (Å²) in [6.07, 6.45) is 0. The van der Waals surface area contributed by atoms with E-state index in [9.17, 15) is 9.50 Å². The van der Waals surface area contributed by atoms with Gasteiger partial charge in [-0.05, 0) is 59.3 Å². The Kier molecular flexibility index (Phi) is 4.32. The van der Waals surface area contributed by atoms with Gasteiger partial charge in [-0.1, -0.05) is 11.6 Å². The van der Waals surface area contributed by atoms with Crippen LogP contribution < -0.4 is 5.32 Å². The second kappa shape index (κ2) is 5.80. The van der Waals surface area contributed by atoms with Crippen LogP contribution in [0.15, 0.2) is 40.9 Å². The predicted molar refractivity (Wildman–Crippen MR) is 79.3 cm³/mol. The largest absolute Gasteiger partial charge is 0.508 e. The van der Waals surface area contributed by atoms with Gasteiger partial charge >= 0.3 is 0 Å². The molecule has 0 fully saturated rings. The molecule has 19 heavy (non-hydrogen) atoms. The fourth-order valence-electron chi connectivity index (χ4n) is 1.79. The molecule has 2 N–H and O–H groups in total. The number of phenols is 1. The van der Waals surface area contributed by atoms with Gasteiger partial charge in [0, 0.05) is 15.7 Å². The molecular weight excluding hydrogens is 333 g/mol. The minimum Gasteiger partial charge on any atom is -0.508 e. The average molecular weight is 345 g/mol. The molecule has 0 spiro atoms. The molecule has 0 aliphatic carbocycles. The highest BCUT2D eigenvalue weighted by Crippen LogP contribution is 2.30. The zero-order valence-corrected chi connectivity index (χ0v) is 12.5. The number of anilines is 1. The summed E-state index contributed by atoms with van der Waals surface area (Å²) < 4.78 is 14.0. The first-order valence-corrected chi connectivity index (χ1v) is 6.84. The van der Waals surface area contributed by atoms with Crippen molar-refractivity contribution in [2.24, 2.45) is 0 Å². The molecule has 0 heterocycles. The number of aromatic hydroxyl groups is 1. The van der Waals surface area contributed by atoms with Gasteiger partial charge in [0.05, 0.1) is 11.1 Å². The first-order chi connectivity index (χ1) is 8.97. The Morgan fingerprint density at radius 1 is 1.26 bits per heavy atom. The van der Waals surface area contributed by atoms with Gasteiger partial charge in [-0.2, -0.15) is 0 Å². The van der Waals surface area contributed by atoms with Gasteiger partial charge in [-0.3, -0.25) is 0 Å². The predicted octanol–water partition coefficient (Wildman–Crippen LogP) is 5.12. The van der Waals surface area contributed by atoms with Gasteiger partial charge in [0.2, 0.25) is 0 Å². The van der Waals surface area contributed by atoms with Gasteiger partial charge in [-0.25, -0.2) is 4.39 Å². The van der Waals surface area contributed by atoms with Crippen molar-refractivity contribution in [3.8, 4) is 5.75 Å². The average Bonchev–Trinajstić information content (AvgIpc) is 2.36. The molecule has 1 unspecified atom stereocenters. The highest BCUT2D eigenvalue weighted by atomic mass is 79.9. The Morgan fingerprint density at radius 3 is 2.68 bits per heavy atom. The summed E-state index contributed by atoms with van der Waals surface area (Å²) in [5, 5.41) is 13.5. The third-order valence-corrected chi connectivity index (χ3v) is 3.99. The summed E-state index contributed by atoms with van der Waals surface area (Å²) in [6.45, 7) is 1.84. The first-order valence-electron chi connectivity index (χ1n) is 5.67. The van der Waals surface area contributed by atoms with Crippen LogP contribution in [0.25, 0.3) is 0 Å². The Bertz CT molecular complexity index is 606. The molecule has 0 bridgehead atoms. The van der Waals surface area contributed by atoms with Crippen LogP contribution in [0.5, 0.6) is 5.75 Å². The normalized spacial score (nSPS) is 12.2. The van der Waals surface area contributed by atoms with E-state index in [0.29, 0.717) is 10.6 Å². The lowest BCUT2D eigenvalue weighted by Crippen LogP contribution is -2.07. The van der Waals surface area contributed by atoms with E-state index in [4.69, 9.17) is 11.6 Å². The Balaban J connectivity index is 2.22. The van der Waals surface area contributed by atoms with Crippen molar-refractivity contribution in [2.45, 2.75) is 13.0 Å². The highest BCUT2D eigenvalue weighted by Gasteiger charge is 2.12. The zero-order chi connectivity index (χ0) is 14.0. The number of halogens is 3. The fraction of sp³-hybridized carbons (Fsp3) is 0.143. The minimum atomic E-state index is -0.379. The van der Waals surface area contributed by atoms with Crippen LogP contribution in [0.3, 0.4) is 0 Å². The van der Waals surface area contributed by atoms with E-state index >= 15 is 0 Å². The molecule has 0 saturated heterocycles. The van der Waals surface area contributed by atoms with Crippen LogP contribution in [0.4, 0.5) is 10.1 Å². The molecule has 2 rings (SSSR count). The Hall–Kier alpha value is -1.26. The SMILES string of the molecule is CC(Nc1ccc(Br)c(Cl)c1)c1cc(F)ccc1O. The number of hydrogen-bond acceptors (Lipinski definition) is 2. The van der Waals surface area contributed by atoms with Crippen LogP contribution in [0.2, 0.25) is 5.02 Å². The van der Waals surface area contributed by atoms with E-state index in [1.807, 2.05) is 19.1 Å². The maximum Gasteiger partial charge on any atom is 0.123 e. The second-order valence-electron chi connectivity index (χ2n) is 4.20. The summed E-state index contributed by atoms with van der Waals surface area (Å²) >= 11 is 9.32. The summed E-state index contributed by atoms with van der Waals surface area (Å²) in [5.74, 6) is -0.320. The molecular formula is C14H12BrClFNO. The van der Waals surface area contributed by atoms with Gasteiger partial charge < -0.3 is 10.4 Å². The number of hydrogen-bond donors (Lipinski definition) is 2. The number of nitrogens with one attached hydrogen (secondary N) is 1. The Labute approximate surface area is 124 Å². The molecule has 0 saturated carbocycles. The van der Waals surface area contributed by atoms with Crippen LogP contribution >= 0.6 is 27.5 Å². The molecule has 0 radical (unpaired) electrons. The van der Waals surface area contributed by atoms with Gasteiger partial charge in [0.15, 0.2) is 0 Å². The quantitative estimate of drug-likeness (QED) is 0.810. The van der Waals surface area contributed by atoms with Crippen LogP contribution in [-0.2, 0) is 0 Å². The maximum atomic E-state index is 13.2. The van der Waals surface area contributed by atoms with Crippen molar-refractivity contribution < 1.29 is 9.50 Å². The molecule has 0 aromatic heterocycles. The van der Waals surface area contributed by atoms with Crippen molar-refractivity contribution in [3.05, 3.63) is 57.3 Å². The van der Waals surface area contributed by atoms with E-state index in [2.05, 4.69) is 21.2 Å². The second-order valence-corrected chi connectivity index (χ2v) is 5.46. The molecule has 0 aliphatic rings. The van der Waals surface area contributed by atoms with Crippen molar-refractivity contribution in [1.29, 1.82) is 0 Å². The van der Waals surface area contributed by atoms with Gasteiger partial charge in [0.1, 0.15) is 11.6 Å². The van der Waals surface area contributed by atoms with Gasteiger partial charge in [0.25, 0.3) is 0 Å². The van der Waals surface area contributed by atoms with Crippen LogP contribution in [-0.4, -0.2) is 5.11 Å². The topological polar surface area (TPSA) is 32.3 Å². The molecule has 0 aliphatic heterocycles. The van der Waals surface area contributed by atoms with Crippen molar-refractivity contribution >= 4 is 33.2 Å². The number of benzene rings is 2. The molecule has 2 aromatic carbocycles. The summed E-state index contributed by atoms with van der Waals surface area (Å²) in [6, 6.07) is 9.07. The third kappa shape index (κ3) is 3.39. The lowest BCUT2D eigenvalue weighted by Gasteiger charge is -2.17. The Morgan fingerprint density at radius 2 is 2.00 bits per heavy atom. The lowest BCUT2D eigenvalue weighted by atomic mass is 10.1. The monoisotopic (exact) mass is 343 g/mol. The van der Waals surface area contributed by atoms with E-state index in [1.54, 1.807) is 6.07 Å². The molecule has 2 aromatic rings. The van der Waals surface area contributed by atoms with E-state index < -0.39 is 0 Å². The molecule has 100 valence electrons. The maximum absolute atomic E-state index is 13.2. The van der Waals surface area contributed by atoms with Gasteiger partial charge in [-0.15, -0.1) is 0 Å². The molecule has 0 amide bonds. The molecule has 1 atom stereocenters. The van der Waals surface area contributed by atoms with Crippen LogP contribution in [0.1, 0.15) is 18.5 Å². The fourth-order valence-corrected chi connectivity index (χ4v) is 2.21. The molecule has 5 heteroatoms. The zero-order valence-electron chi connectivity index (χ0n) is 10.1. The summed E-state index contributed by atoms with van der Waals surface area (Å²) in [4.78, 5) is 0. The number of phenolic OH excluding ortho intramolecular Hbond substituents is 1. The van der Waals surface area contributed by atoms with Crippen molar-refractivity contribution in [3.63, 3.8) is 0 Å². The highest BCUT2D eigenvalue weighted by molar-refractivity contribution is 9.10. The minimum absolute atomic E-state index is 0.0598. The van der Waals surface area contributed by atoms with E-state index in [0.717, 1.165) is 10.2 Å². The van der Waals surface area contributed by atoms with E-state index in [1.165, 1.54) is 18.2 Å². The smallest absolute Gasteiger partial charge is 0.123 e.